The molecule has 1 aliphatic rings. The molecule has 7 heteroatoms. The zero-order valence-electron chi connectivity index (χ0n) is 14.6. The van der Waals surface area contributed by atoms with Crippen molar-refractivity contribution in [3.8, 4) is 0 Å². The molecule has 1 aromatic carbocycles. The standard InChI is InChI=1S/C18H24N2O5/c1-13(17(22)24-2)19-16(21)15-8-10-20(11-9-15)18(23)25-12-14-6-4-3-5-7-14/h3-7,13,15H,8-12H2,1-2H3,(H,19,21)/t13-/m0/s1. The topological polar surface area (TPSA) is 84.9 Å². The molecular formula is C18H24N2O5. The Morgan fingerprint density at radius 1 is 1.20 bits per heavy atom. The van der Waals surface area contributed by atoms with Crippen LogP contribution in [0.3, 0.4) is 0 Å². The van der Waals surface area contributed by atoms with Crippen LogP contribution in [0, 0.1) is 5.92 Å². The van der Waals surface area contributed by atoms with Gasteiger partial charge in [-0.3, -0.25) is 4.79 Å². The van der Waals surface area contributed by atoms with Crippen molar-refractivity contribution in [1.82, 2.24) is 10.2 Å². The highest BCUT2D eigenvalue weighted by atomic mass is 16.6. The average Bonchev–Trinajstić information content (AvgIpc) is 2.66. The fraction of sp³-hybridized carbons (Fsp3) is 0.500. The molecule has 1 N–H and O–H groups in total. The van der Waals surface area contributed by atoms with Crippen molar-refractivity contribution < 1.29 is 23.9 Å². The van der Waals surface area contributed by atoms with Gasteiger partial charge in [0, 0.05) is 19.0 Å². The summed E-state index contributed by atoms with van der Waals surface area (Å²) < 4.78 is 9.89. The van der Waals surface area contributed by atoms with Crippen molar-refractivity contribution in [3.63, 3.8) is 0 Å². The van der Waals surface area contributed by atoms with Crippen LogP contribution in [0.15, 0.2) is 30.3 Å². The molecule has 1 aliphatic heterocycles. The van der Waals surface area contributed by atoms with Gasteiger partial charge < -0.3 is 19.7 Å². The van der Waals surface area contributed by atoms with Crippen molar-refractivity contribution in [2.45, 2.75) is 32.4 Å². The van der Waals surface area contributed by atoms with E-state index < -0.39 is 12.0 Å². The maximum absolute atomic E-state index is 12.2. The molecule has 1 heterocycles. The second kappa shape index (κ2) is 9.05. The Bertz CT molecular complexity index is 597. The van der Waals surface area contributed by atoms with E-state index in [2.05, 4.69) is 10.1 Å². The first kappa shape index (κ1) is 18.8. The van der Waals surface area contributed by atoms with Gasteiger partial charge in [-0.15, -0.1) is 0 Å². The Morgan fingerprint density at radius 3 is 2.44 bits per heavy atom. The van der Waals surface area contributed by atoms with Crippen LogP contribution in [0.4, 0.5) is 4.79 Å². The van der Waals surface area contributed by atoms with Gasteiger partial charge in [0.05, 0.1) is 7.11 Å². The van der Waals surface area contributed by atoms with E-state index in [4.69, 9.17) is 4.74 Å². The molecule has 0 aliphatic carbocycles. The summed E-state index contributed by atoms with van der Waals surface area (Å²) in [5, 5.41) is 2.64. The number of hydrogen-bond acceptors (Lipinski definition) is 5. The fourth-order valence-electron chi connectivity index (χ4n) is 2.70. The smallest absolute Gasteiger partial charge is 0.410 e. The molecule has 2 rings (SSSR count). The van der Waals surface area contributed by atoms with E-state index >= 15 is 0 Å². The van der Waals surface area contributed by atoms with Crippen LogP contribution in [0.25, 0.3) is 0 Å². The van der Waals surface area contributed by atoms with Crippen LogP contribution in [-0.2, 0) is 25.7 Å². The minimum atomic E-state index is -0.675. The maximum Gasteiger partial charge on any atom is 0.410 e. The highest BCUT2D eigenvalue weighted by Gasteiger charge is 2.29. The molecule has 0 saturated carbocycles. The third-order valence-electron chi connectivity index (χ3n) is 4.24. The lowest BCUT2D eigenvalue weighted by Gasteiger charge is -2.31. The monoisotopic (exact) mass is 348 g/mol. The number of rotatable bonds is 5. The predicted molar refractivity (Wildman–Crippen MR) is 90.5 cm³/mol. The number of nitrogens with one attached hydrogen (secondary N) is 1. The lowest BCUT2D eigenvalue weighted by Crippen LogP contribution is -2.46. The highest BCUT2D eigenvalue weighted by Crippen LogP contribution is 2.18. The van der Waals surface area contributed by atoms with Crippen molar-refractivity contribution in [1.29, 1.82) is 0 Å². The Kier molecular flexibility index (Phi) is 6.80. The molecule has 1 saturated heterocycles. The second-order valence-electron chi connectivity index (χ2n) is 6.05. The minimum Gasteiger partial charge on any atom is -0.467 e. The fourth-order valence-corrected chi connectivity index (χ4v) is 2.70. The Morgan fingerprint density at radius 2 is 1.84 bits per heavy atom. The van der Waals surface area contributed by atoms with Crippen LogP contribution in [0.1, 0.15) is 25.3 Å². The van der Waals surface area contributed by atoms with E-state index in [1.165, 1.54) is 7.11 Å². The third-order valence-corrected chi connectivity index (χ3v) is 4.24. The summed E-state index contributed by atoms with van der Waals surface area (Å²) in [7, 11) is 1.28. The summed E-state index contributed by atoms with van der Waals surface area (Å²) >= 11 is 0. The molecule has 0 unspecified atom stereocenters. The number of hydrogen-bond donors (Lipinski definition) is 1. The molecule has 1 atom stereocenters. The summed E-state index contributed by atoms with van der Waals surface area (Å²) in [5.41, 5.74) is 0.932. The van der Waals surface area contributed by atoms with Crippen LogP contribution in [0.5, 0.6) is 0 Å². The van der Waals surface area contributed by atoms with Crippen molar-refractivity contribution in [3.05, 3.63) is 35.9 Å². The Balaban J connectivity index is 1.74. The van der Waals surface area contributed by atoms with E-state index in [0.29, 0.717) is 25.9 Å². The van der Waals surface area contributed by atoms with Crippen molar-refractivity contribution in [2.24, 2.45) is 5.92 Å². The largest absolute Gasteiger partial charge is 0.467 e. The number of amides is 2. The van der Waals surface area contributed by atoms with Crippen LogP contribution < -0.4 is 5.32 Å². The van der Waals surface area contributed by atoms with E-state index in [-0.39, 0.29) is 24.5 Å². The van der Waals surface area contributed by atoms with E-state index in [0.717, 1.165) is 5.56 Å². The molecule has 2 amide bonds. The average molecular weight is 348 g/mol. The van der Waals surface area contributed by atoms with Gasteiger partial charge in [0.2, 0.25) is 5.91 Å². The van der Waals surface area contributed by atoms with Gasteiger partial charge in [-0.05, 0) is 25.3 Å². The molecule has 0 bridgehead atoms. The summed E-state index contributed by atoms with van der Waals surface area (Å²) in [4.78, 5) is 37.2. The minimum absolute atomic E-state index is 0.185. The highest BCUT2D eigenvalue weighted by molar-refractivity contribution is 5.85. The molecule has 136 valence electrons. The normalized spacial score (nSPS) is 16.0. The van der Waals surface area contributed by atoms with Gasteiger partial charge in [-0.25, -0.2) is 9.59 Å². The quantitative estimate of drug-likeness (QED) is 0.819. The van der Waals surface area contributed by atoms with Gasteiger partial charge in [0.1, 0.15) is 12.6 Å². The Labute approximate surface area is 147 Å². The van der Waals surface area contributed by atoms with Gasteiger partial charge >= 0.3 is 12.1 Å². The Hall–Kier alpha value is -2.57. The zero-order chi connectivity index (χ0) is 18.2. The zero-order valence-corrected chi connectivity index (χ0v) is 14.6. The van der Waals surface area contributed by atoms with Crippen LogP contribution in [-0.4, -0.2) is 49.1 Å². The van der Waals surface area contributed by atoms with Crippen LogP contribution >= 0.6 is 0 Å². The molecule has 1 aromatic rings. The number of esters is 1. The number of carbonyl (C=O) groups excluding carboxylic acids is 3. The van der Waals surface area contributed by atoms with Gasteiger partial charge in [0.25, 0.3) is 0 Å². The number of likely N-dealkylation sites (tertiary alicyclic amines) is 1. The van der Waals surface area contributed by atoms with Crippen molar-refractivity contribution >= 4 is 18.0 Å². The second-order valence-corrected chi connectivity index (χ2v) is 6.05. The SMILES string of the molecule is COC(=O)[C@H](C)NC(=O)C1CCN(C(=O)OCc2ccccc2)CC1. The summed E-state index contributed by atoms with van der Waals surface area (Å²) in [6.45, 7) is 2.73. The van der Waals surface area contributed by atoms with Gasteiger partial charge in [0.15, 0.2) is 0 Å². The number of nitrogens with zero attached hydrogens (tertiary/aromatic N) is 1. The van der Waals surface area contributed by atoms with Gasteiger partial charge in [-0.2, -0.15) is 0 Å². The maximum atomic E-state index is 12.2. The number of piperidine rings is 1. The first-order chi connectivity index (χ1) is 12.0. The van der Waals surface area contributed by atoms with Crippen LogP contribution in [0.2, 0.25) is 0 Å². The molecular weight excluding hydrogens is 324 g/mol. The molecule has 0 radical (unpaired) electrons. The number of carbonyl (C=O) groups is 3. The number of benzene rings is 1. The molecule has 1 fully saturated rings. The number of ether oxygens (including phenoxy) is 2. The molecule has 0 aromatic heterocycles. The van der Waals surface area contributed by atoms with E-state index in [1.54, 1.807) is 11.8 Å². The van der Waals surface area contributed by atoms with Crippen molar-refractivity contribution in [2.75, 3.05) is 20.2 Å². The number of methoxy groups -OCH3 is 1. The summed E-state index contributed by atoms with van der Waals surface area (Å²) in [5.74, 6) is -0.879. The summed E-state index contributed by atoms with van der Waals surface area (Å²) in [6.07, 6.45) is 0.714. The van der Waals surface area contributed by atoms with E-state index in [1.807, 2.05) is 30.3 Å². The lowest BCUT2D eigenvalue weighted by atomic mass is 9.96. The molecule has 7 nitrogen and oxygen atoms in total. The van der Waals surface area contributed by atoms with Gasteiger partial charge in [-0.1, -0.05) is 30.3 Å². The lowest BCUT2D eigenvalue weighted by molar-refractivity contribution is -0.145. The summed E-state index contributed by atoms with van der Waals surface area (Å²) in [6, 6.07) is 8.80. The van der Waals surface area contributed by atoms with E-state index in [9.17, 15) is 14.4 Å². The molecule has 25 heavy (non-hydrogen) atoms. The molecule has 0 spiro atoms. The first-order valence-corrected chi connectivity index (χ1v) is 8.35. The predicted octanol–water partition coefficient (Wildman–Crippen LogP) is 1.71. The first-order valence-electron chi connectivity index (χ1n) is 8.35. The third kappa shape index (κ3) is 5.48.